The monoisotopic (exact) mass is 771 g/mol. The van der Waals surface area contributed by atoms with Crippen LogP contribution >= 0.6 is 7.82 Å². The summed E-state index contributed by atoms with van der Waals surface area (Å²) in [5, 5.41) is 13.9. The molecule has 0 spiro atoms. The summed E-state index contributed by atoms with van der Waals surface area (Å²) in [6, 6.07) is -0.804. The summed E-state index contributed by atoms with van der Waals surface area (Å²) in [5.41, 5.74) is 0. The van der Waals surface area contributed by atoms with Crippen LogP contribution in [0.5, 0.6) is 0 Å². The fourth-order valence-corrected chi connectivity index (χ4v) is 7.09. The number of aliphatic hydroxyl groups excluding tert-OH is 1. The topological polar surface area (TPSA) is 108 Å². The molecule has 0 aromatic rings. The molecule has 0 aromatic heterocycles. The van der Waals surface area contributed by atoms with Crippen molar-refractivity contribution < 1.29 is 32.9 Å². The standard InChI is InChI=1S/C44H87N2O6P/c1-6-8-10-12-14-16-18-20-21-22-23-24-26-27-29-31-33-35-37-43(47)42(41-52-53(49,50)51-40-39-46(3,4)5)45-44(48)38-36-34-32-30-28-25-19-17-15-13-11-9-7-2/h11,13,17,19,42-43,47H,6-10,12,14-16,18,20-41H2,1-5H3,(H-,45,48,49,50)/b13-11-,19-17-. The number of phosphoric ester groups is 1. The van der Waals surface area contributed by atoms with Gasteiger partial charge in [-0.15, -0.1) is 0 Å². The van der Waals surface area contributed by atoms with Crippen molar-refractivity contribution in [1.82, 2.24) is 5.32 Å². The summed E-state index contributed by atoms with van der Waals surface area (Å²) in [6.07, 6.45) is 41.8. The molecule has 0 rings (SSSR count). The molecule has 0 aromatic carbocycles. The number of nitrogens with one attached hydrogen (secondary N) is 1. The predicted octanol–water partition coefficient (Wildman–Crippen LogP) is 11.5. The molecule has 0 bridgehead atoms. The van der Waals surface area contributed by atoms with Crippen LogP contribution in [0.2, 0.25) is 0 Å². The normalized spacial score (nSPS) is 14.6. The molecule has 9 heteroatoms. The van der Waals surface area contributed by atoms with Crippen LogP contribution in [0.25, 0.3) is 0 Å². The van der Waals surface area contributed by atoms with Gasteiger partial charge in [-0.1, -0.05) is 179 Å². The highest BCUT2D eigenvalue weighted by atomic mass is 31.2. The molecule has 0 saturated carbocycles. The van der Waals surface area contributed by atoms with Crippen molar-refractivity contribution in [2.24, 2.45) is 0 Å². The van der Waals surface area contributed by atoms with Crippen LogP contribution in [0.3, 0.4) is 0 Å². The minimum Gasteiger partial charge on any atom is -0.756 e. The molecule has 3 unspecified atom stereocenters. The lowest BCUT2D eigenvalue weighted by Gasteiger charge is -2.30. The zero-order valence-corrected chi connectivity index (χ0v) is 36.4. The van der Waals surface area contributed by atoms with E-state index < -0.39 is 20.0 Å². The van der Waals surface area contributed by atoms with E-state index in [1.165, 1.54) is 103 Å². The molecular weight excluding hydrogens is 683 g/mol. The Bertz CT molecular complexity index is 922. The van der Waals surface area contributed by atoms with Crippen molar-refractivity contribution in [1.29, 1.82) is 0 Å². The highest BCUT2D eigenvalue weighted by molar-refractivity contribution is 7.45. The van der Waals surface area contributed by atoms with Crippen molar-refractivity contribution in [3.05, 3.63) is 24.3 Å². The summed E-state index contributed by atoms with van der Waals surface area (Å²) in [7, 11) is 1.30. The first-order valence-corrected chi connectivity index (χ1v) is 23.6. The van der Waals surface area contributed by atoms with E-state index >= 15 is 0 Å². The summed E-state index contributed by atoms with van der Waals surface area (Å²) in [4.78, 5) is 25.3. The Labute approximate surface area is 328 Å². The van der Waals surface area contributed by atoms with Gasteiger partial charge in [0.25, 0.3) is 7.82 Å². The smallest absolute Gasteiger partial charge is 0.268 e. The molecule has 8 nitrogen and oxygen atoms in total. The van der Waals surface area contributed by atoms with Crippen LogP contribution in [0, 0.1) is 0 Å². The van der Waals surface area contributed by atoms with Gasteiger partial charge in [0, 0.05) is 6.42 Å². The third-order valence-corrected chi connectivity index (χ3v) is 10.9. The van der Waals surface area contributed by atoms with Crippen LogP contribution < -0.4 is 10.2 Å². The first kappa shape index (κ1) is 52.0. The number of hydrogen-bond donors (Lipinski definition) is 2. The van der Waals surface area contributed by atoms with Gasteiger partial charge in [-0.2, -0.15) is 0 Å². The molecule has 0 fully saturated rings. The van der Waals surface area contributed by atoms with E-state index in [2.05, 4.69) is 43.5 Å². The molecule has 2 N–H and O–H groups in total. The lowest BCUT2D eigenvalue weighted by atomic mass is 10.0. The fraction of sp³-hybridized carbons (Fsp3) is 0.886. The zero-order valence-electron chi connectivity index (χ0n) is 35.5. The number of likely N-dealkylation sites (N-methyl/N-ethyl adjacent to an activating group) is 1. The molecule has 0 radical (unpaired) electrons. The Morgan fingerprint density at radius 1 is 0.660 bits per heavy atom. The third-order valence-electron chi connectivity index (χ3n) is 9.92. The summed E-state index contributed by atoms with van der Waals surface area (Å²) in [5.74, 6) is -0.179. The number of nitrogens with zero attached hydrogens (tertiary/aromatic N) is 1. The second-order valence-corrected chi connectivity index (χ2v) is 17.8. The van der Waals surface area contributed by atoms with Gasteiger partial charge < -0.3 is 28.8 Å². The Morgan fingerprint density at radius 3 is 1.64 bits per heavy atom. The SMILES string of the molecule is CCC/C=C\C/C=C\CCCCCCCC(=O)NC(COP(=O)([O-])OCC[N+](C)(C)C)C(O)CCCCCCCCCCCCCCCCCCCC. The van der Waals surface area contributed by atoms with Crippen LogP contribution in [-0.2, 0) is 18.4 Å². The first-order chi connectivity index (χ1) is 25.5. The molecule has 53 heavy (non-hydrogen) atoms. The molecule has 0 saturated heterocycles. The van der Waals surface area contributed by atoms with Gasteiger partial charge >= 0.3 is 0 Å². The number of rotatable bonds is 40. The maximum absolute atomic E-state index is 12.8. The van der Waals surface area contributed by atoms with E-state index in [4.69, 9.17) is 9.05 Å². The maximum atomic E-state index is 12.8. The molecule has 0 aliphatic carbocycles. The second-order valence-electron chi connectivity index (χ2n) is 16.4. The largest absolute Gasteiger partial charge is 0.756 e. The Morgan fingerprint density at radius 2 is 1.13 bits per heavy atom. The van der Waals surface area contributed by atoms with Crippen LogP contribution in [0.4, 0.5) is 0 Å². The van der Waals surface area contributed by atoms with Crippen molar-refractivity contribution in [2.75, 3.05) is 40.9 Å². The van der Waals surface area contributed by atoms with Crippen molar-refractivity contribution in [2.45, 2.75) is 212 Å². The third kappa shape index (κ3) is 39.0. The van der Waals surface area contributed by atoms with Gasteiger partial charge in [0.1, 0.15) is 13.2 Å². The predicted molar refractivity (Wildman–Crippen MR) is 224 cm³/mol. The average Bonchev–Trinajstić information content (AvgIpc) is 3.10. The van der Waals surface area contributed by atoms with Gasteiger partial charge in [0.2, 0.25) is 5.91 Å². The summed E-state index contributed by atoms with van der Waals surface area (Å²) in [6.45, 7) is 4.64. The summed E-state index contributed by atoms with van der Waals surface area (Å²) < 4.78 is 23.2. The lowest BCUT2D eigenvalue weighted by Crippen LogP contribution is -2.46. The maximum Gasteiger partial charge on any atom is 0.268 e. The Kier molecular flexibility index (Phi) is 35.9. The van der Waals surface area contributed by atoms with Crippen molar-refractivity contribution >= 4 is 13.7 Å². The van der Waals surface area contributed by atoms with Gasteiger partial charge in [-0.05, 0) is 38.5 Å². The van der Waals surface area contributed by atoms with Gasteiger partial charge in [-0.3, -0.25) is 9.36 Å². The number of unbranched alkanes of at least 4 members (excludes halogenated alkanes) is 23. The molecule has 3 atom stereocenters. The Hall–Kier alpha value is -1.02. The van der Waals surface area contributed by atoms with E-state index in [1.807, 2.05) is 21.1 Å². The number of carbonyl (C=O) groups excluding carboxylic acids is 1. The average molecular weight is 771 g/mol. The second kappa shape index (κ2) is 36.6. The number of aliphatic hydroxyl groups is 1. The molecule has 0 aliphatic heterocycles. The van der Waals surface area contributed by atoms with E-state index in [0.29, 0.717) is 23.9 Å². The van der Waals surface area contributed by atoms with Crippen molar-refractivity contribution in [3.63, 3.8) is 0 Å². The van der Waals surface area contributed by atoms with Crippen molar-refractivity contribution in [3.8, 4) is 0 Å². The summed E-state index contributed by atoms with van der Waals surface area (Å²) >= 11 is 0. The number of hydrogen-bond acceptors (Lipinski definition) is 6. The highest BCUT2D eigenvalue weighted by Gasteiger charge is 2.24. The minimum atomic E-state index is -4.56. The van der Waals surface area contributed by atoms with Gasteiger partial charge in [0.15, 0.2) is 0 Å². The van der Waals surface area contributed by atoms with Gasteiger partial charge in [0.05, 0.1) is 39.9 Å². The number of phosphoric acid groups is 1. The molecular formula is C44H87N2O6P. The lowest BCUT2D eigenvalue weighted by molar-refractivity contribution is -0.870. The molecule has 0 heterocycles. The quantitative estimate of drug-likeness (QED) is 0.0278. The number of allylic oxidation sites excluding steroid dienone is 4. The number of amides is 1. The molecule has 1 amide bonds. The van der Waals surface area contributed by atoms with E-state index in [1.54, 1.807) is 0 Å². The number of quaternary nitrogens is 1. The van der Waals surface area contributed by atoms with Gasteiger partial charge in [-0.25, -0.2) is 0 Å². The minimum absolute atomic E-state index is 0.00977. The Balaban J connectivity index is 4.36. The first-order valence-electron chi connectivity index (χ1n) is 22.2. The number of carbonyl (C=O) groups is 1. The fourth-order valence-electron chi connectivity index (χ4n) is 6.37. The van der Waals surface area contributed by atoms with Crippen LogP contribution in [0.15, 0.2) is 24.3 Å². The molecule has 314 valence electrons. The highest BCUT2D eigenvalue weighted by Crippen LogP contribution is 2.38. The van der Waals surface area contributed by atoms with E-state index in [0.717, 1.165) is 70.6 Å². The molecule has 0 aliphatic rings. The van der Waals surface area contributed by atoms with E-state index in [-0.39, 0.29) is 19.1 Å². The van der Waals surface area contributed by atoms with Crippen LogP contribution in [0.1, 0.15) is 200 Å². The van der Waals surface area contributed by atoms with Crippen LogP contribution in [-0.4, -0.2) is 68.5 Å². The zero-order chi connectivity index (χ0) is 39.3. The van der Waals surface area contributed by atoms with E-state index in [9.17, 15) is 19.4 Å².